The van der Waals surface area contributed by atoms with Crippen molar-refractivity contribution in [2.75, 3.05) is 26.8 Å². The molecule has 5 amide bonds. The number of ether oxygens (including phenoxy) is 2. The fourth-order valence-electron chi connectivity index (χ4n) is 6.11. The third kappa shape index (κ3) is 11.0. The monoisotopic (exact) mass is 691 g/mol. The van der Waals surface area contributed by atoms with Crippen molar-refractivity contribution in [2.45, 2.75) is 96.5 Å². The highest BCUT2D eigenvalue weighted by Crippen LogP contribution is 2.29. The summed E-state index contributed by atoms with van der Waals surface area (Å²) < 4.78 is 10.6. The minimum atomic E-state index is -0.989. The summed E-state index contributed by atoms with van der Waals surface area (Å²) in [7, 11) is 1.57. The van der Waals surface area contributed by atoms with Crippen LogP contribution in [0.5, 0.6) is 5.75 Å². The minimum absolute atomic E-state index is 0.0682. The average molecular weight is 692 g/mol. The highest BCUT2D eigenvalue weighted by molar-refractivity contribution is 5.98. The number of nitrogens with one attached hydrogen (secondary N) is 4. The zero-order valence-electron chi connectivity index (χ0n) is 30.1. The highest BCUT2D eigenvalue weighted by Gasteiger charge is 2.50. The number of benzene rings is 2. The molecule has 2 aliphatic heterocycles. The molecule has 50 heavy (non-hydrogen) atoms. The number of likely N-dealkylation sites (tertiary alicyclic amines) is 1. The van der Waals surface area contributed by atoms with Crippen LogP contribution in [0.1, 0.15) is 76.2 Å². The Hall–Kier alpha value is -4.45. The fraction of sp³-hybridized carbons (Fsp3) is 0.553. The number of methoxy groups -OCH3 is 1. The highest BCUT2D eigenvalue weighted by atomic mass is 16.6. The van der Waals surface area contributed by atoms with Crippen molar-refractivity contribution in [3.63, 3.8) is 0 Å². The van der Waals surface area contributed by atoms with Crippen LogP contribution in [-0.2, 0) is 25.5 Å². The molecule has 0 saturated carbocycles. The van der Waals surface area contributed by atoms with Gasteiger partial charge in [-0.05, 0) is 74.3 Å². The van der Waals surface area contributed by atoms with Crippen LogP contribution in [0.2, 0.25) is 0 Å². The van der Waals surface area contributed by atoms with Gasteiger partial charge in [0.25, 0.3) is 5.91 Å². The van der Waals surface area contributed by atoms with Gasteiger partial charge in [0, 0.05) is 31.1 Å². The molecule has 4 N–H and O–H groups in total. The number of epoxide rings is 1. The predicted molar refractivity (Wildman–Crippen MR) is 190 cm³/mol. The number of nitrogens with zero attached hydrogens (tertiary/aromatic N) is 1. The minimum Gasteiger partial charge on any atom is -0.497 e. The molecule has 0 spiro atoms. The SMILES string of the molecule is COc1ccc(C(=O)NC2CCN(C(=O)N[C@@H](CC(C)C)C(=O)N[C@@H](Cc3ccccc3)C(=O)N[C@@H](CC(C)C)C(=O)[C@@]3(C)CO3)CC2)cc1. The molecule has 0 aliphatic carbocycles. The van der Waals surface area contributed by atoms with Gasteiger partial charge in [-0.1, -0.05) is 58.0 Å². The summed E-state index contributed by atoms with van der Waals surface area (Å²) in [6, 6.07) is 13.1. The lowest BCUT2D eigenvalue weighted by Crippen LogP contribution is -2.59. The molecule has 12 heteroatoms. The number of piperidine rings is 1. The van der Waals surface area contributed by atoms with Crippen molar-refractivity contribution in [3.05, 3.63) is 65.7 Å². The molecule has 4 atom stereocenters. The molecule has 2 heterocycles. The first-order chi connectivity index (χ1) is 23.8. The van der Waals surface area contributed by atoms with E-state index in [4.69, 9.17) is 9.47 Å². The Bertz CT molecular complexity index is 1470. The molecule has 2 fully saturated rings. The number of rotatable bonds is 16. The lowest BCUT2D eigenvalue weighted by molar-refractivity contribution is -0.133. The van der Waals surface area contributed by atoms with Gasteiger partial charge in [-0.15, -0.1) is 0 Å². The van der Waals surface area contributed by atoms with Crippen LogP contribution in [0.25, 0.3) is 0 Å². The summed E-state index contributed by atoms with van der Waals surface area (Å²) >= 11 is 0. The number of urea groups is 1. The van der Waals surface area contributed by atoms with E-state index >= 15 is 0 Å². The lowest BCUT2D eigenvalue weighted by atomic mass is 9.93. The molecule has 0 radical (unpaired) electrons. The first-order valence-electron chi connectivity index (χ1n) is 17.6. The summed E-state index contributed by atoms with van der Waals surface area (Å²) in [5.41, 5.74) is 0.457. The second-order valence-electron chi connectivity index (χ2n) is 14.4. The van der Waals surface area contributed by atoms with Crippen LogP contribution >= 0.6 is 0 Å². The van der Waals surface area contributed by atoms with Crippen LogP contribution in [0.4, 0.5) is 4.79 Å². The van der Waals surface area contributed by atoms with Crippen molar-refractivity contribution in [1.29, 1.82) is 0 Å². The molecule has 0 unspecified atom stereocenters. The summed E-state index contributed by atoms with van der Waals surface area (Å²) in [4.78, 5) is 68.8. The summed E-state index contributed by atoms with van der Waals surface area (Å²) in [6.45, 7) is 10.7. The van der Waals surface area contributed by atoms with E-state index in [9.17, 15) is 24.0 Å². The van der Waals surface area contributed by atoms with Crippen molar-refractivity contribution < 1.29 is 33.4 Å². The van der Waals surface area contributed by atoms with E-state index < -0.39 is 35.5 Å². The molecule has 4 rings (SSSR count). The van der Waals surface area contributed by atoms with Crippen molar-refractivity contribution in [2.24, 2.45) is 11.8 Å². The second kappa shape index (κ2) is 17.5. The van der Waals surface area contributed by atoms with E-state index in [2.05, 4.69) is 21.3 Å². The molecule has 0 bridgehead atoms. The number of Topliss-reactive ketones (excluding diaryl/α,β-unsaturated/α-hetero) is 1. The number of carbonyl (C=O) groups excluding carboxylic acids is 5. The molecule has 12 nitrogen and oxygen atoms in total. The Morgan fingerprint density at radius 1 is 0.820 bits per heavy atom. The molecular weight excluding hydrogens is 638 g/mol. The summed E-state index contributed by atoms with van der Waals surface area (Å²) in [5, 5.41) is 11.8. The van der Waals surface area contributed by atoms with E-state index in [1.807, 2.05) is 58.0 Å². The van der Waals surface area contributed by atoms with Gasteiger partial charge in [0.2, 0.25) is 11.8 Å². The van der Waals surface area contributed by atoms with Crippen molar-refractivity contribution >= 4 is 29.5 Å². The summed E-state index contributed by atoms with van der Waals surface area (Å²) in [6.07, 6.45) is 2.12. The van der Waals surface area contributed by atoms with Crippen LogP contribution in [0.3, 0.4) is 0 Å². The van der Waals surface area contributed by atoms with Gasteiger partial charge in [-0.3, -0.25) is 19.2 Å². The summed E-state index contributed by atoms with van der Waals surface area (Å²) in [5.74, 6) is -0.451. The third-order valence-electron chi connectivity index (χ3n) is 9.15. The predicted octanol–water partition coefficient (Wildman–Crippen LogP) is 3.63. The van der Waals surface area contributed by atoms with E-state index in [-0.39, 0.29) is 42.0 Å². The van der Waals surface area contributed by atoms with Gasteiger partial charge in [-0.2, -0.15) is 0 Å². The van der Waals surface area contributed by atoms with E-state index in [0.29, 0.717) is 56.7 Å². The second-order valence-corrected chi connectivity index (χ2v) is 14.4. The number of hydrogen-bond donors (Lipinski definition) is 4. The van der Waals surface area contributed by atoms with Crippen LogP contribution in [0, 0.1) is 11.8 Å². The Morgan fingerprint density at radius 2 is 1.38 bits per heavy atom. The maximum Gasteiger partial charge on any atom is 0.318 e. The van der Waals surface area contributed by atoms with Crippen molar-refractivity contribution in [3.8, 4) is 5.75 Å². The quantitative estimate of drug-likeness (QED) is 0.196. The van der Waals surface area contributed by atoms with E-state index in [1.54, 1.807) is 43.2 Å². The molecule has 272 valence electrons. The zero-order valence-corrected chi connectivity index (χ0v) is 30.1. The van der Waals surface area contributed by atoms with Gasteiger partial charge in [0.15, 0.2) is 5.78 Å². The average Bonchev–Trinajstić information content (AvgIpc) is 3.85. The first-order valence-corrected chi connectivity index (χ1v) is 17.6. The van der Waals surface area contributed by atoms with Crippen LogP contribution in [0.15, 0.2) is 54.6 Å². The smallest absolute Gasteiger partial charge is 0.318 e. The Balaban J connectivity index is 1.39. The number of carbonyl (C=O) groups is 5. The number of hydrogen-bond acceptors (Lipinski definition) is 7. The van der Waals surface area contributed by atoms with Crippen molar-refractivity contribution in [1.82, 2.24) is 26.2 Å². The van der Waals surface area contributed by atoms with E-state index in [0.717, 1.165) is 5.56 Å². The Morgan fingerprint density at radius 3 is 1.94 bits per heavy atom. The van der Waals surface area contributed by atoms with E-state index in [1.165, 1.54) is 0 Å². The zero-order chi connectivity index (χ0) is 36.4. The maximum absolute atomic E-state index is 13.9. The number of ketones is 1. The third-order valence-corrected chi connectivity index (χ3v) is 9.15. The van der Waals surface area contributed by atoms with Gasteiger partial charge in [-0.25, -0.2) is 4.79 Å². The van der Waals surface area contributed by atoms with Crippen LogP contribution < -0.4 is 26.0 Å². The molecule has 2 aromatic rings. The molecule has 2 saturated heterocycles. The molecule has 2 aromatic carbocycles. The Labute approximate surface area is 295 Å². The standard InChI is InChI=1S/C38H53N5O7/c1-24(2)20-30(33(44)38(5)23-50-38)40-36(47)32(22-26-10-8-7-9-11-26)41-35(46)31(21-25(3)4)42-37(48)43-18-16-28(17-19-43)39-34(45)27-12-14-29(49-6)15-13-27/h7-15,24-25,28,30-32H,16-23H2,1-6H3,(H,39,45)(H,40,47)(H,41,46)(H,42,48)/t30-,31-,32-,38+/m0/s1. The fourth-order valence-corrected chi connectivity index (χ4v) is 6.11. The largest absolute Gasteiger partial charge is 0.497 e. The lowest BCUT2D eigenvalue weighted by Gasteiger charge is -2.34. The maximum atomic E-state index is 13.9. The first kappa shape index (κ1) is 38.4. The molecular formula is C38H53N5O7. The molecule has 0 aromatic heterocycles. The topological polar surface area (TPSA) is 158 Å². The number of amides is 5. The normalized spacial score (nSPS) is 19.2. The Kier molecular flexibility index (Phi) is 13.4. The molecule has 2 aliphatic rings. The van der Waals surface area contributed by atoms with Gasteiger partial charge in [0.05, 0.1) is 19.8 Å². The van der Waals surface area contributed by atoms with Gasteiger partial charge in [0.1, 0.15) is 23.4 Å². The van der Waals surface area contributed by atoms with Crippen LogP contribution in [-0.4, -0.2) is 91.0 Å². The van der Waals surface area contributed by atoms with Gasteiger partial charge >= 0.3 is 6.03 Å². The van der Waals surface area contributed by atoms with Gasteiger partial charge < -0.3 is 35.6 Å².